The van der Waals surface area contributed by atoms with Crippen molar-refractivity contribution in [1.82, 2.24) is 0 Å². The van der Waals surface area contributed by atoms with Gasteiger partial charge in [0.25, 0.3) is 0 Å². The van der Waals surface area contributed by atoms with Crippen LogP contribution in [0.5, 0.6) is 0 Å². The predicted octanol–water partition coefficient (Wildman–Crippen LogP) is 6.34. The molecular weight excluding hydrogens is 358 g/mol. The molecule has 3 nitrogen and oxygen atoms in total. The number of hydrogen-bond acceptors (Lipinski definition) is 2. The minimum Gasteiger partial charge on any atom is -0.459 e. The van der Waals surface area contributed by atoms with Gasteiger partial charge in [-0.15, -0.1) is 0 Å². The first-order chi connectivity index (χ1) is 14.3. The smallest absolute Gasteiger partial charge is 0.239 e. The zero-order valence-corrected chi connectivity index (χ0v) is 15.6. The van der Waals surface area contributed by atoms with Crippen LogP contribution in [0.15, 0.2) is 95.4 Å². The molecule has 1 N–H and O–H groups in total. The van der Waals surface area contributed by atoms with Crippen molar-refractivity contribution in [2.75, 3.05) is 5.32 Å². The molecule has 0 saturated carbocycles. The van der Waals surface area contributed by atoms with Crippen LogP contribution in [0.4, 0.5) is 5.69 Å². The molecule has 138 valence electrons. The van der Waals surface area contributed by atoms with Crippen LogP contribution in [0.3, 0.4) is 0 Å². The number of rotatable bonds is 2. The summed E-state index contributed by atoms with van der Waals surface area (Å²) in [5.41, 5.74) is 4.66. The number of anilines is 1. The minimum absolute atomic E-state index is 0.0493. The number of hydrogen-bond donors (Lipinski definition) is 1. The van der Waals surface area contributed by atoms with E-state index in [1.165, 1.54) is 0 Å². The van der Waals surface area contributed by atoms with Gasteiger partial charge in [0.1, 0.15) is 17.3 Å². The molecule has 0 bridgehead atoms. The third kappa shape index (κ3) is 2.34. The molecule has 4 aromatic carbocycles. The largest absolute Gasteiger partial charge is 0.459 e. The number of amides is 1. The van der Waals surface area contributed by atoms with Gasteiger partial charge in [0, 0.05) is 16.6 Å². The van der Waals surface area contributed by atoms with Crippen LogP contribution in [-0.2, 0) is 4.79 Å². The van der Waals surface area contributed by atoms with Gasteiger partial charge in [0.05, 0.1) is 0 Å². The molecule has 0 radical (unpaired) electrons. The van der Waals surface area contributed by atoms with Gasteiger partial charge in [-0.2, -0.15) is 0 Å². The van der Waals surface area contributed by atoms with Gasteiger partial charge in [0.2, 0.25) is 5.91 Å². The van der Waals surface area contributed by atoms with Gasteiger partial charge in [-0.3, -0.25) is 4.79 Å². The molecule has 29 heavy (non-hydrogen) atoms. The first-order valence-corrected chi connectivity index (χ1v) is 9.70. The first-order valence-electron chi connectivity index (χ1n) is 9.70. The summed E-state index contributed by atoms with van der Waals surface area (Å²) >= 11 is 0. The molecule has 5 aromatic rings. The lowest BCUT2D eigenvalue weighted by Gasteiger charge is -2.10. The van der Waals surface area contributed by atoms with Gasteiger partial charge < -0.3 is 9.73 Å². The van der Waals surface area contributed by atoms with E-state index in [0.29, 0.717) is 5.76 Å². The first kappa shape index (κ1) is 16.1. The molecule has 1 unspecified atom stereocenters. The third-order valence-electron chi connectivity index (χ3n) is 5.72. The SMILES string of the molecule is O=C1Nc2ccccc2C1c1oc2ccc3ccccc3c2c1-c1ccccc1. The molecule has 0 fully saturated rings. The lowest BCUT2D eigenvalue weighted by Crippen LogP contribution is -2.13. The quantitative estimate of drug-likeness (QED) is 0.391. The number of carbonyl (C=O) groups is 1. The average Bonchev–Trinajstić information content (AvgIpc) is 3.31. The second kappa shape index (κ2) is 6.08. The van der Waals surface area contributed by atoms with E-state index in [2.05, 4.69) is 35.6 Å². The van der Waals surface area contributed by atoms with Crippen LogP contribution < -0.4 is 5.32 Å². The highest BCUT2D eigenvalue weighted by atomic mass is 16.3. The Labute approximate surface area is 167 Å². The Morgan fingerprint density at radius 1 is 0.759 bits per heavy atom. The highest BCUT2D eigenvalue weighted by Gasteiger charge is 2.37. The van der Waals surface area contributed by atoms with Gasteiger partial charge in [-0.05, 0) is 34.0 Å². The van der Waals surface area contributed by atoms with Crippen LogP contribution in [0.2, 0.25) is 0 Å². The van der Waals surface area contributed by atoms with E-state index in [9.17, 15) is 4.79 Å². The van der Waals surface area contributed by atoms with Crippen molar-refractivity contribution >= 4 is 33.3 Å². The maximum atomic E-state index is 13.0. The lowest BCUT2D eigenvalue weighted by molar-refractivity contribution is -0.116. The second-order valence-corrected chi connectivity index (χ2v) is 7.38. The maximum absolute atomic E-state index is 13.0. The minimum atomic E-state index is -0.465. The lowest BCUT2D eigenvalue weighted by atomic mass is 9.90. The molecular formula is C26H17NO2. The molecule has 0 spiro atoms. The van der Waals surface area contributed by atoms with Crippen molar-refractivity contribution in [2.45, 2.75) is 5.92 Å². The summed E-state index contributed by atoms with van der Waals surface area (Å²) in [5, 5.41) is 6.35. The number of carbonyl (C=O) groups excluding carboxylic acids is 1. The Morgan fingerprint density at radius 2 is 1.52 bits per heavy atom. The third-order valence-corrected chi connectivity index (χ3v) is 5.72. The van der Waals surface area contributed by atoms with Gasteiger partial charge >= 0.3 is 0 Å². The van der Waals surface area contributed by atoms with E-state index in [1.54, 1.807) is 0 Å². The summed E-state index contributed by atoms with van der Waals surface area (Å²) < 4.78 is 6.41. The van der Waals surface area contributed by atoms with E-state index >= 15 is 0 Å². The van der Waals surface area contributed by atoms with E-state index in [1.807, 2.05) is 60.7 Å². The fourth-order valence-corrected chi connectivity index (χ4v) is 4.45. The number of benzene rings is 4. The zero-order valence-electron chi connectivity index (χ0n) is 15.6. The molecule has 1 aliphatic heterocycles. The summed E-state index contributed by atoms with van der Waals surface area (Å²) in [6, 6.07) is 30.4. The number of furan rings is 1. The van der Waals surface area contributed by atoms with Crippen molar-refractivity contribution in [1.29, 1.82) is 0 Å². The van der Waals surface area contributed by atoms with E-state index < -0.39 is 5.92 Å². The highest BCUT2D eigenvalue weighted by Crippen LogP contribution is 2.46. The van der Waals surface area contributed by atoms with Crippen LogP contribution >= 0.6 is 0 Å². The Balaban J connectivity index is 1.74. The number of nitrogens with one attached hydrogen (secondary N) is 1. The molecule has 3 heteroatoms. The summed E-state index contributed by atoms with van der Waals surface area (Å²) in [6.07, 6.45) is 0. The Bertz CT molecular complexity index is 1400. The average molecular weight is 375 g/mol. The summed E-state index contributed by atoms with van der Waals surface area (Å²) in [6.45, 7) is 0. The van der Waals surface area contributed by atoms with Crippen LogP contribution in [0.25, 0.3) is 32.9 Å². The Kier molecular flexibility index (Phi) is 3.38. The maximum Gasteiger partial charge on any atom is 0.239 e. The topological polar surface area (TPSA) is 42.2 Å². The highest BCUT2D eigenvalue weighted by molar-refractivity contribution is 6.15. The van der Waals surface area contributed by atoms with E-state index in [4.69, 9.17) is 4.42 Å². The normalized spacial score (nSPS) is 15.6. The molecule has 0 saturated heterocycles. The van der Waals surface area contributed by atoms with Gasteiger partial charge in [0.15, 0.2) is 0 Å². The van der Waals surface area contributed by atoms with E-state index in [-0.39, 0.29) is 5.91 Å². The monoisotopic (exact) mass is 375 g/mol. The van der Waals surface area contributed by atoms with Crippen molar-refractivity contribution in [3.05, 3.63) is 102 Å². The predicted molar refractivity (Wildman–Crippen MR) is 116 cm³/mol. The number of fused-ring (bicyclic) bond motifs is 4. The summed E-state index contributed by atoms with van der Waals surface area (Å²) in [7, 11) is 0. The summed E-state index contributed by atoms with van der Waals surface area (Å²) in [5.74, 6) is 0.185. The Hall–Kier alpha value is -3.85. The van der Waals surface area contributed by atoms with Crippen molar-refractivity contribution in [2.24, 2.45) is 0 Å². The van der Waals surface area contributed by atoms with Crippen molar-refractivity contribution in [3.8, 4) is 11.1 Å². The van der Waals surface area contributed by atoms with E-state index in [0.717, 1.165) is 44.1 Å². The molecule has 1 amide bonds. The molecule has 1 atom stereocenters. The summed E-state index contributed by atoms with van der Waals surface area (Å²) in [4.78, 5) is 13.0. The molecule has 1 aromatic heterocycles. The van der Waals surface area contributed by atoms with Gasteiger partial charge in [-0.1, -0.05) is 78.9 Å². The number of para-hydroxylation sites is 1. The van der Waals surface area contributed by atoms with Crippen LogP contribution in [-0.4, -0.2) is 5.91 Å². The molecule has 0 aliphatic carbocycles. The second-order valence-electron chi connectivity index (χ2n) is 7.38. The molecule has 6 rings (SSSR count). The van der Waals surface area contributed by atoms with Crippen LogP contribution in [0.1, 0.15) is 17.2 Å². The molecule has 1 aliphatic rings. The van der Waals surface area contributed by atoms with Crippen molar-refractivity contribution < 1.29 is 9.21 Å². The zero-order chi connectivity index (χ0) is 19.4. The fraction of sp³-hybridized carbons (Fsp3) is 0.0385. The van der Waals surface area contributed by atoms with Crippen molar-refractivity contribution in [3.63, 3.8) is 0 Å². The Morgan fingerprint density at radius 3 is 2.41 bits per heavy atom. The molecule has 2 heterocycles. The fourth-order valence-electron chi connectivity index (χ4n) is 4.45. The standard InChI is InChI=1S/C26H17NO2/c28-26-24(19-12-6-7-13-20(19)27-26)25-22(17-9-2-1-3-10-17)23-18-11-5-4-8-16(18)14-15-21(23)29-25/h1-15,24H,(H,27,28). The van der Waals surface area contributed by atoms with Gasteiger partial charge in [-0.25, -0.2) is 0 Å². The van der Waals surface area contributed by atoms with Crippen LogP contribution in [0, 0.1) is 0 Å².